The molecule has 0 saturated heterocycles. The number of furan rings is 1. The van der Waals surface area contributed by atoms with Crippen LogP contribution in [0.5, 0.6) is 5.75 Å². The third kappa shape index (κ3) is 5.70. The van der Waals surface area contributed by atoms with Gasteiger partial charge in [-0.05, 0) is 86.8 Å². The Balaban J connectivity index is 1.43. The lowest BCUT2D eigenvalue weighted by molar-refractivity contribution is -0.113. The van der Waals surface area contributed by atoms with Crippen molar-refractivity contribution in [2.75, 3.05) is 12.4 Å². The number of allylic oxidation sites excluding steroid dienone is 1. The van der Waals surface area contributed by atoms with Crippen LogP contribution in [0.1, 0.15) is 51.3 Å². The first kappa shape index (κ1) is 30.5. The number of aryl methyl sites for hydroxylation is 3. The van der Waals surface area contributed by atoms with Crippen molar-refractivity contribution in [3.8, 4) is 17.1 Å². The Hall–Kier alpha value is -5.48. The van der Waals surface area contributed by atoms with Crippen LogP contribution >= 0.6 is 11.3 Å². The van der Waals surface area contributed by atoms with Crippen molar-refractivity contribution in [2.45, 2.75) is 33.7 Å². The van der Waals surface area contributed by atoms with Gasteiger partial charge in [-0.2, -0.15) is 0 Å². The van der Waals surface area contributed by atoms with Gasteiger partial charge in [-0.15, -0.1) is 0 Å². The average molecular weight is 634 g/mol. The van der Waals surface area contributed by atoms with Gasteiger partial charge in [-0.25, -0.2) is 9.79 Å². The zero-order valence-electron chi connectivity index (χ0n) is 25.9. The van der Waals surface area contributed by atoms with Gasteiger partial charge >= 0.3 is 5.97 Å². The molecule has 5 aromatic rings. The van der Waals surface area contributed by atoms with Crippen LogP contribution in [0.4, 0.5) is 5.69 Å². The summed E-state index contributed by atoms with van der Waals surface area (Å²) in [7, 11) is 1.58. The molecular weight excluding hydrogens is 602 g/mol. The number of hydrogen-bond donors (Lipinski definition) is 2. The number of amides is 1. The number of carboxylic acid groups (broad SMARTS) is 1. The van der Waals surface area contributed by atoms with Crippen LogP contribution in [0.2, 0.25) is 0 Å². The molecule has 10 heteroatoms. The van der Waals surface area contributed by atoms with Crippen LogP contribution < -0.4 is 24.9 Å². The van der Waals surface area contributed by atoms with Crippen molar-refractivity contribution in [3.05, 3.63) is 137 Å². The molecule has 0 saturated carbocycles. The Kier molecular flexibility index (Phi) is 8.06. The van der Waals surface area contributed by atoms with Gasteiger partial charge in [0.2, 0.25) is 0 Å². The van der Waals surface area contributed by atoms with Crippen LogP contribution in [0.15, 0.2) is 98.3 Å². The second kappa shape index (κ2) is 12.1. The molecule has 1 atom stereocenters. The third-order valence-corrected chi connectivity index (χ3v) is 8.95. The highest BCUT2D eigenvalue weighted by atomic mass is 32.1. The molecule has 3 aromatic carbocycles. The number of carboxylic acids is 1. The number of aromatic nitrogens is 1. The lowest BCUT2D eigenvalue weighted by Crippen LogP contribution is -2.40. The smallest absolute Gasteiger partial charge is 0.335 e. The number of nitrogens with zero attached hydrogens (tertiary/aromatic N) is 2. The van der Waals surface area contributed by atoms with Crippen molar-refractivity contribution >= 4 is 35.0 Å². The predicted octanol–water partition coefficient (Wildman–Crippen LogP) is 5.77. The van der Waals surface area contributed by atoms with E-state index in [4.69, 9.17) is 14.1 Å². The molecule has 1 aliphatic rings. The highest BCUT2D eigenvalue weighted by Gasteiger charge is 2.32. The number of benzene rings is 3. The summed E-state index contributed by atoms with van der Waals surface area (Å²) in [5.74, 6) is 0.305. The first-order chi connectivity index (χ1) is 22.0. The van der Waals surface area contributed by atoms with Gasteiger partial charge in [-0.3, -0.25) is 14.2 Å². The maximum atomic E-state index is 14.1. The van der Waals surface area contributed by atoms with E-state index >= 15 is 0 Å². The van der Waals surface area contributed by atoms with Crippen molar-refractivity contribution in [2.24, 2.45) is 4.99 Å². The zero-order chi connectivity index (χ0) is 32.7. The van der Waals surface area contributed by atoms with E-state index < -0.39 is 12.0 Å². The van der Waals surface area contributed by atoms with Crippen molar-refractivity contribution < 1.29 is 23.8 Å². The summed E-state index contributed by atoms with van der Waals surface area (Å²) in [4.78, 5) is 44.6. The van der Waals surface area contributed by atoms with Crippen molar-refractivity contribution in [1.29, 1.82) is 0 Å². The maximum Gasteiger partial charge on any atom is 0.335 e. The Morgan fingerprint density at radius 2 is 1.74 bits per heavy atom. The van der Waals surface area contributed by atoms with E-state index in [-0.39, 0.29) is 17.0 Å². The number of carbonyl (C=O) groups is 2. The second-order valence-electron chi connectivity index (χ2n) is 11.2. The standard InChI is InChI=1S/C36H31N3O6S/c1-19-6-14-28(21(3)16-19)38-33(40)31-22(4)37-36-39(32(31)23-7-10-25(44-5)11-8-23)34(41)30(46-36)18-26-12-15-29(45-26)27-13-9-24(35(42)43)17-20(27)2/h6-18,32H,1-5H3,(H,38,40)(H,42,43)/b30-18+/t32-/m0/s1. The Labute approximate surface area is 268 Å². The molecule has 1 aliphatic heterocycles. The molecule has 232 valence electrons. The van der Waals surface area contributed by atoms with E-state index in [0.29, 0.717) is 43.6 Å². The quantitative estimate of drug-likeness (QED) is 0.235. The molecule has 0 fully saturated rings. The summed E-state index contributed by atoms with van der Waals surface area (Å²) in [6, 6.07) is 20.7. The van der Waals surface area contributed by atoms with Crippen LogP contribution in [-0.2, 0) is 4.79 Å². The molecule has 0 unspecified atom stereocenters. The maximum absolute atomic E-state index is 14.1. The molecular formula is C36H31N3O6S. The minimum Gasteiger partial charge on any atom is -0.497 e. The molecule has 0 aliphatic carbocycles. The van der Waals surface area contributed by atoms with Crippen LogP contribution in [0, 0.1) is 20.8 Å². The summed E-state index contributed by atoms with van der Waals surface area (Å²) < 4.78 is 13.4. The number of thiazole rings is 1. The Bertz CT molecular complexity index is 2240. The number of methoxy groups -OCH3 is 1. The molecule has 46 heavy (non-hydrogen) atoms. The Morgan fingerprint density at radius 1 is 0.978 bits per heavy atom. The summed E-state index contributed by atoms with van der Waals surface area (Å²) in [5, 5.41) is 12.3. The molecule has 2 N–H and O–H groups in total. The van der Waals surface area contributed by atoms with Gasteiger partial charge in [0.15, 0.2) is 4.80 Å². The number of rotatable bonds is 7. The summed E-state index contributed by atoms with van der Waals surface area (Å²) in [6.07, 6.45) is 1.66. The number of carbonyl (C=O) groups excluding carboxylic acids is 1. The minimum atomic E-state index is -1.00. The van der Waals surface area contributed by atoms with E-state index in [0.717, 1.165) is 27.8 Å². The molecule has 0 radical (unpaired) electrons. The highest BCUT2D eigenvalue weighted by molar-refractivity contribution is 7.07. The normalized spacial score (nSPS) is 14.5. The number of nitrogens with one attached hydrogen (secondary N) is 1. The van der Waals surface area contributed by atoms with Crippen LogP contribution in [-0.4, -0.2) is 28.7 Å². The summed E-state index contributed by atoms with van der Waals surface area (Å²) in [5.41, 5.74) is 5.69. The largest absolute Gasteiger partial charge is 0.497 e. The lowest BCUT2D eigenvalue weighted by Gasteiger charge is -2.25. The lowest BCUT2D eigenvalue weighted by atomic mass is 9.95. The second-order valence-corrected chi connectivity index (χ2v) is 12.2. The summed E-state index contributed by atoms with van der Waals surface area (Å²) >= 11 is 1.21. The number of ether oxygens (including phenoxy) is 1. The van der Waals surface area contributed by atoms with Crippen molar-refractivity contribution in [3.63, 3.8) is 0 Å². The average Bonchev–Trinajstić information content (AvgIpc) is 3.61. The predicted molar refractivity (Wildman–Crippen MR) is 177 cm³/mol. The monoisotopic (exact) mass is 633 g/mol. The fourth-order valence-corrected chi connectivity index (χ4v) is 6.66. The molecule has 9 nitrogen and oxygen atoms in total. The van der Waals surface area contributed by atoms with Gasteiger partial charge in [0, 0.05) is 17.3 Å². The molecule has 3 heterocycles. The fourth-order valence-electron chi connectivity index (χ4n) is 5.63. The van der Waals surface area contributed by atoms with Gasteiger partial charge in [0.05, 0.1) is 34.5 Å². The first-order valence-corrected chi connectivity index (χ1v) is 15.3. The number of fused-ring (bicyclic) bond motifs is 1. The third-order valence-electron chi connectivity index (χ3n) is 7.97. The van der Waals surface area contributed by atoms with Gasteiger partial charge < -0.3 is 19.6 Å². The van der Waals surface area contributed by atoms with Gasteiger partial charge in [0.1, 0.15) is 17.3 Å². The van der Waals surface area contributed by atoms with Crippen LogP contribution in [0.3, 0.4) is 0 Å². The SMILES string of the molecule is COc1ccc([C@H]2C(C(=O)Nc3ccc(C)cc3C)=C(C)N=c3s/c(=C/c4ccc(-c5ccc(C(=O)O)cc5C)o4)c(=O)n32)cc1. The van der Waals surface area contributed by atoms with Gasteiger partial charge in [-0.1, -0.05) is 47.2 Å². The zero-order valence-corrected chi connectivity index (χ0v) is 26.7. The fraction of sp³-hybridized carbons (Fsp3) is 0.167. The molecule has 2 aromatic heterocycles. The van der Waals surface area contributed by atoms with E-state index in [1.165, 1.54) is 17.4 Å². The van der Waals surface area contributed by atoms with E-state index in [1.54, 1.807) is 61.1 Å². The van der Waals surface area contributed by atoms with E-state index in [2.05, 4.69) is 5.32 Å². The van der Waals surface area contributed by atoms with Gasteiger partial charge in [0.25, 0.3) is 11.5 Å². The minimum absolute atomic E-state index is 0.192. The number of hydrogen-bond acceptors (Lipinski definition) is 7. The van der Waals surface area contributed by atoms with Crippen molar-refractivity contribution in [1.82, 2.24) is 4.57 Å². The first-order valence-electron chi connectivity index (χ1n) is 14.5. The van der Waals surface area contributed by atoms with Crippen LogP contribution in [0.25, 0.3) is 17.4 Å². The highest BCUT2D eigenvalue weighted by Crippen LogP contribution is 2.32. The number of aromatic carboxylic acids is 1. The topological polar surface area (TPSA) is 123 Å². The van der Waals surface area contributed by atoms with E-state index in [1.807, 2.05) is 51.1 Å². The molecule has 0 bridgehead atoms. The molecule has 6 rings (SSSR count). The number of anilines is 1. The molecule has 0 spiro atoms. The molecule has 1 amide bonds. The summed E-state index contributed by atoms with van der Waals surface area (Å²) in [6.45, 7) is 7.53. The Morgan fingerprint density at radius 3 is 2.41 bits per heavy atom. The van der Waals surface area contributed by atoms with E-state index in [9.17, 15) is 19.5 Å².